The number of rotatable bonds is 2. The molecule has 2 aliphatic rings. The van der Waals surface area contributed by atoms with Gasteiger partial charge in [0.25, 0.3) is 0 Å². The van der Waals surface area contributed by atoms with Gasteiger partial charge in [-0.3, -0.25) is 0 Å². The molecule has 98 valence electrons. The van der Waals surface area contributed by atoms with E-state index in [-0.39, 0.29) is 6.61 Å². The predicted molar refractivity (Wildman–Crippen MR) is 65.3 cm³/mol. The molecule has 1 aromatic rings. The molecule has 4 atom stereocenters. The summed E-state index contributed by atoms with van der Waals surface area (Å²) in [5.41, 5.74) is 2.25. The third-order valence-electron chi connectivity index (χ3n) is 3.75. The van der Waals surface area contributed by atoms with Crippen molar-refractivity contribution < 1.29 is 20.1 Å². The van der Waals surface area contributed by atoms with Crippen molar-refractivity contribution in [1.82, 2.24) is 0 Å². The molecule has 5 nitrogen and oxygen atoms in total. The van der Waals surface area contributed by atoms with Crippen LogP contribution in [-0.4, -0.2) is 53.0 Å². The van der Waals surface area contributed by atoms with E-state index in [1.807, 2.05) is 23.1 Å². The summed E-state index contributed by atoms with van der Waals surface area (Å²) >= 11 is 0. The number of hydrogen-bond acceptors (Lipinski definition) is 5. The highest BCUT2D eigenvalue weighted by Gasteiger charge is 2.46. The van der Waals surface area contributed by atoms with Crippen LogP contribution in [-0.2, 0) is 11.2 Å². The molecule has 0 bridgehead atoms. The Morgan fingerprint density at radius 2 is 2.00 bits per heavy atom. The minimum absolute atomic E-state index is 0.287. The van der Waals surface area contributed by atoms with Gasteiger partial charge in [0, 0.05) is 12.2 Å². The van der Waals surface area contributed by atoms with Gasteiger partial charge in [0.05, 0.1) is 6.61 Å². The molecular weight excluding hydrogens is 234 g/mol. The maximum absolute atomic E-state index is 10.0. The molecule has 0 spiro atoms. The Bertz CT molecular complexity index is 439. The molecule has 0 amide bonds. The summed E-state index contributed by atoms with van der Waals surface area (Å²) in [4.78, 5) is 1.96. The fourth-order valence-corrected chi connectivity index (χ4v) is 2.77. The van der Waals surface area contributed by atoms with Gasteiger partial charge >= 0.3 is 0 Å². The van der Waals surface area contributed by atoms with E-state index >= 15 is 0 Å². The first kappa shape index (κ1) is 11.9. The summed E-state index contributed by atoms with van der Waals surface area (Å²) in [7, 11) is 0. The van der Waals surface area contributed by atoms with Gasteiger partial charge in [-0.05, 0) is 18.1 Å². The zero-order valence-electron chi connectivity index (χ0n) is 9.94. The number of anilines is 1. The topological polar surface area (TPSA) is 73.2 Å². The maximum Gasteiger partial charge on any atom is 0.159 e. The van der Waals surface area contributed by atoms with Crippen molar-refractivity contribution in [2.45, 2.75) is 31.0 Å². The lowest BCUT2D eigenvalue weighted by atomic mass is 10.1. The van der Waals surface area contributed by atoms with E-state index in [4.69, 9.17) is 9.84 Å². The van der Waals surface area contributed by atoms with Gasteiger partial charge in [-0.1, -0.05) is 18.2 Å². The molecular formula is C13H17NO4. The summed E-state index contributed by atoms with van der Waals surface area (Å²) in [5.74, 6) is 0. The van der Waals surface area contributed by atoms with Gasteiger partial charge in [0.15, 0.2) is 6.23 Å². The second-order valence-corrected chi connectivity index (χ2v) is 4.80. The first-order chi connectivity index (χ1) is 8.72. The Kier molecular flexibility index (Phi) is 2.99. The third kappa shape index (κ3) is 1.71. The zero-order chi connectivity index (χ0) is 12.7. The van der Waals surface area contributed by atoms with Gasteiger partial charge < -0.3 is 25.0 Å². The fraction of sp³-hybridized carbons (Fsp3) is 0.538. The summed E-state index contributed by atoms with van der Waals surface area (Å²) in [6, 6.07) is 7.96. The van der Waals surface area contributed by atoms with Crippen LogP contribution in [0.15, 0.2) is 24.3 Å². The number of fused-ring (bicyclic) bond motifs is 1. The lowest BCUT2D eigenvalue weighted by molar-refractivity contribution is -0.0220. The summed E-state index contributed by atoms with van der Waals surface area (Å²) in [6.45, 7) is 0.468. The highest BCUT2D eigenvalue weighted by molar-refractivity contribution is 5.58. The molecule has 1 aromatic carbocycles. The van der Waals surface area contributed by atoms with Crippen LogP contribution in [0, 0.1) is 0 Å². The Hall–Kier alpha value is -1.14. The Balaban J connectivity index is 1.85. The summed E-state index contributed by atoms with van der Waals surface area (Å²) in [5, 5.41) is 28.9. The minimum atomic E-state index is -1.03. The molecule has 0 aromatic heterocycles. The summed E-state index contributed by atoms with van der Waals surface area (Å²) in [6.07, 6.45) is -2.41. The predicted octanol–water partition coefficient (Wildman–Crippen LogP) is -0.512. The number of benzene rings is 1. The van der Waals surface area contributed by atoms with Crippen LogP contribution < -0.4 is 4.90 Å². The van der Waals surface area contributed by atoms with Crippen molar-refractivity contribution >= 4 is 5.69 Å². The fourth-order valence-electron chi connectivity index (χ4n) is 2.77. The Morgan fingerprint density at radius 3 is 2.72 bits per heavy atom. The zero-order valence-corrected chi connectivity index (χ0v) is 9.94. The van der Waals surface area contributed by atoms with Gasteiger partial charge in [-0.2, -0.15) is 0 Å². The molecule has 0 aliphatic carbocycles. The lowest BCUT2D eigenvalue weighted by Crippen LogP contribution is -2.43. The normalized spacial score (nSPS) is 34.9. The summed E-state index contributed by atoms with van der Waals surface area (Å²) < 4.78 is 5.55. The molecule has 3 rings (SSSR count). The SMILES string of the molecule is OC[C@H]1O[C@H](N2CCc3ccccc32)[C@H](O)[C@@H]1O. The van der Waals surface area contributed by atoms with Crippen LogP contribution in [0.4, 0.5) is 5.69 Å². The van der Waals surface area contributed by atoms with Crippen LogP contribution in [0.5, 0.6) is 0 Å². The smallest absolute Gasteiger partial charge is 0.159 e. The van der Waals surface area contributed by atoms with E-state index in [1.54, 1.807) is 0 Å². The standard InChI is InChI=1S/C13H17NO4/c15-7-10-11(16)12(17)13(18-10)14-6-5-8-3-1-2-4-9(8)14/h1-4,10-13,15-17H,5-7H2/t10-,11-,12-,13+/m1/s1. The van der Waals surface area contributed by atoms with Crippen molar-refractivity contribution in [3.8, 4) is 0 Å². The van der Waals surface area contributed by atoms with E-state index in [0.717, 1.165) is 18.7 Å². The van der Waals surface area contributed by atoms with Crippen molar-refractivity contribution in [2.75, 3.05) is 18.1 Å². The monoisotopic (exact) mass is 251 g/mol. The van der Waals surface area contributed by atoms with Crippen molar-refractivity contribution in [3.63, 3.8) is 0 Å². The van der Waals surface area contributed by atoms with Crippen LogP contribution in [0.2, 0.25) is 0 Å². The minimum Gasteiger partial charge on any atom is -0.394 e. The van der Waals surface area contributed by atoms with Crippen LogP contribution in [0.25, 0.3) is 0 Å². The number of ether oxygens (including phenoxy) is 1. The van der Waals surface area contributed by atoms with Crippen molar-refractivity contribution in [1.29, 1.82) is 0 Å². The largest absolute Gasteiger partial charge is 0.394 e. The quantitative estimate of drug-likeness (QED) is 0.660. The first-order valence-electron chi connectivity index (χ1n) is 6.19. The van der Waals surface area contributed by atoms with Crippen molar-refractivity contribution in [2.24, 2.45) is 0 Å². The number of aliphatic hydroxyl groups excluding tert-OH is 3. The molecule has 2 aliphatic heterocycles. The van der Waals surface area contributed by atoms with Gasteiger partial charge in [-0.15, -0.1) is 0 Å². The molecule has 1 fully saturated rings. The first-order valence-corrected chi connectivity index (χ1v) is 6.19. The third-order valence-corrected chi connectivity index (χ3v) is 3.75. The van der Waals surface area contributed by atoms with Crippen molar-refractivity contribution in [3.05, 3.63) is 29.8 Å². The lowest BCUT2D eigenvalue weighted by Gasteiger charge is -2.28. The molecule has 0 radical (unpaired) electrons. The number of nitrogens with zero attached hydrogens (tertiary/aromatic N) is 1. The highest BCUT2D eigenvalue weighted by Crippen LogP contribution is 2.34. The van der Waals surface area contributed by atoms with Gasteiger partial charge in [-0.25, -0.2) is 0 Å². The van der Waals surface area contributed by atoms with E-state index < -0.39 is 24.5 Å². The van der Waals surface area contributed by atoms with E-state index in [1.165, 1.54) is 5.56 Å². The average molecular weight is 251 g/mol. The molecule has 0 saturated carbocycles. The molecule has 5 heteroatoms. The molecule has 2 heterocycles. The number of hydrogen-bond donors (Lipinski definition) is 3. The van der Waals surface area contributed by atoms with E-state index in [2.05, 4.69) is 6.07 Å². The average Bonchev–Trinajstić information content (AvgIpc) is 2.93. The molecule has 1 saturated heterocycles. The molecule has 3 N–H and O–H groups in total. The van der Waals surface area contributed by atoms with Gasteiger partial charge in [0.1, 0.15) is 18.3 Å². The Morgan fingerprint density at radius 1 is 1.22 bits per heavy atom. The molecule has 18 heavy (non-hydrogen) atoms. The number of aliphatic hydroxyl groups is 3. The van der Waals surface area contributed by atoms with Gasteiger partial charge in [0.2, 0.25) is 0 Å². The second kappa shape index (κ2) is 4.51. The van der Waals surface area contributed by atoms with Crippen LogP contribution >= 0.6 is 0 Å². The number of para-hydroxylation sites is 1. The Labute approximate surface area is 105 Å². The van der Waals surface area contributed by atoms with E-state index in [0.29, 0.717) is 0 Å². The second-order valence-electron chi connectivity index (χ2n) is 4.80. The maximum atomic E-state index is 10.0. The van der Waals surface area contributed by atoms with Crippen LogP contribution in [0.1, 0.15) is 5.56 Å². The molecule has 0 unspecified atom stereocenters. The van der Waals surface area contributed by atoms with E-state index in [9.17, 15) is 10.2 Å². The van der Waals surface area contributed by atoms with Crippen LogP contribution in [0.3, 0.4) is 0 Å². The highest BCUT2D eigenvalue weighted by atomic mass is 16.6.